The van der Waals surface area contributed by atoms with E-state index in [-0.39, 0.29) is 14.9 Å². The first-order valence-electron chi connectivity index (χ1n) is 9.98. The van der Waals surface area contributed by atoms with Gasteiger partial charge in [0, 0.05) is 11.4 Å². The van der Waals surface area contributed by atoms with Crippen LogP contribution in [0.25, 0.3) is 0 Å². The number of nitrogens with two attached hydrogens (primary N) is 2. The number of nitrogen functional groups attached to an aromatic ring is 2. The molecule has 0 aromatic heterocycles. The molecule has 2 nitrogen and oxygen atoms in total. The molecule has 4 aromatic rings. The predicted octanol–water partition coefficient (Wildman–Crippen LogP) is 6.90. The van der Waals surface area contributed by atoms with Crippen molar-refractivity contribution in [2.45, 2.75) is 34.1 Å². The molecule has 0 fully saturated rings. The summed E-state index contributed by atoms with van der Waals surface area (Å²) < 4.78 is 0. The van der Waals surface area contributed by atoms with Crippen molar-refractivity contribution < 1.29 is 0 Å². The Morgan fingerprint density at radius 3 is 0.677 bits per heavy atom. The summed E-state index contributed by atoms with van der Waals surface area (Å²) in [5.74, 6) is 0. The maximum atomic E-state index is 5.76. The van der Waals surface area contributed by atoms with Crippen LogP contribution in [0.15, 0.2) is 97.1 Å². The van der Waals surface area contributed by atoms with Gasteiger partial charge in [-0.15, -0.1) is 0 Å². The number of hydrogen-bond donors (Lipinski definition) is 2. The molecule has 4 N–H and O–H groups in total. The fraction of sp³-hybridized carbons (Fsp3) is 0.172. The van der Waals surface area contributed by atoms with Gasteiger partial charge in [0.1, 0.15) is 0 Å². The van der Waals surface area contributed by atoms with Crippen molar-refractivity contribution in [2.75, 3.05) is 11.5 Å². The SMILES string of the molecule is C.C.Nc1ccc(Cc2ccc(Cc3ccc(Cc4ccc(N)cc4)cc3)cc2)cc1. The highest BCUT2D eigenvalue weighted by Gasteiger charge is 2.01. The molecule has 0 unspecified atom stereocenters. The summed E-state index contributed by atoms with van der Waals surface area (Å²) in [6, 6.07) is 34.0. The number of benzene rings is 4. The zero-order valence-corrected chi connectivity index (χ0v) is 16.5. The molecule has 0 amide bonds. The highest BCUT2D eigenvalue weighted by Crippen LogP contribution is 2.17. The topological polar surface area (TPSA) is 52.0 Å². The average Bonchev–Trinajstić information content (AvgIpc) is 2.74. The minimum absolute atomic E-state index is 0. The van der Waals surface area contributed by atoms with E-state index in [1.165, 1.54) is 33.4 Å². The third-order valence-corrected chi connectivity index (χ3v) is 5.23. The summed E-state index contributed by atoms with van der Waals surface area (Å²) in [5, 5.41) is 0. The van der Waals surface area contributed by atoms with Crippen molar-refractivity contribution in [1.29, 1.82) is 0 Å². The zero-order chi connectivity index (χ0) is 20.1. The van der Waals surface area contributed by atoms with E-state index in [4.69, 9.17) is 11.5 Å². The van der Waals surface area contributed by atoms with Crippen LogP contribution in [0.2, 0.25) is 0 Å². The molecular formula is C29H34N2. The van der Waals surface area contributed by atoms with Crippen LogP contribution in [0.3, 0.4) is 0 Å². The molecule has 2 heteroatoms. The molecule has 0 radical (unpaired) electrons. The minimum Gasteiger partial charge on any atom is -0.399 e. The van der Waals surface area contributed by atoms with Crippen molar-refractivity contribution in [3.8, 4) is 0 Å². The summed E-state index contributed by atoms with van der Waals surface area (Å²) in [6.45, 7) is 0. The van der Waals surface area contributed by atoms with Crippen LogP contribution in [0.1, 0.15) is 48.2 Å². The molecular weight excluding hydrogens is 376 g/mol. The molecule has 0 saturated carbocycles. The van der Waals surface area contributed by atoms with Crippen molar-refractivity contribution in [1.82, 2.24) is 0 Å². The normalized spacial score (nSPS) is 10.1. The highest BCUT2D eigenvalue weighted by molar-refractivity contribution is 5.42. The highest BCUT2D eigenvalue weighted by atomic mass is 14.5. The van der Waals surface area contributed by atoms with Crippen LogP contribution in [-0.4, -0.2) is 0 Å². The Balaban J connectivity index is 0.00000171. The van der Waals surface area contributed by atoms with Crippen molar-refractivity contribution >= 4 is 11.4 Å². The first-order chi connectivity index (χ1) is 14.1. The number of anilines is 2. The second kappa shape index (κ2) is 11.0. The molecule has 0 heterocycles. The number of hydrogen-bond acceptors (Lipinski definition) is 2. The third-order valence-electron chi connectivity index (χ3n) is 5.23. The Morgan fingerprint density at radius 1 is 0.323 bits per heavy atom. The van der Waals surface area contributed by atoms with Gasteiger partial charge < -0.3 is 11.5 Å². The summed E-state index contributed by atoms with van der Waals surface area (Å²) in [5.41, 5.74) is 21.0. The standard InChI is InChI=1S/C27H26N2.2CH4/c28-26-13-9-24(10-14-26)18-22-5-1-20(2-6-22)17-21-3-7-23(8-4-21)19-25-11-15-27(29)16-12-25;;/h1-16H,17-19,28-29H2;2*1H4. The van der Waals surface area contributed by atoms with E-state index >= 15 is 0 Å². The zero-order valence-electron chi connectivity index (χ0n) is 16.5. The Hall–Kier alpha value is -3.52. The first-order valence-corrected chi connectivity index (χ1v) is 9.98. The molecule has 0 aliphatic carbocycles. The van der Waals surface area contributed by atoms with Gasteiger partial charge in [0.05, 0.1) is 0 Å². The summed E-state index contributed by atoms with van der Waals surface area (Å²) in [6.07, 6.45) is 2.81. The van der Waals surface area contributed by atoms with E-state index in [0.29, 0.717) is 0 Å². The molecule has 160 valence electrons. The van der Waals surface area contributed by atoms with E-state index in [2.05, 4.69) is 72.8 Å². The Bertz CT molecular complexity index is 957. The first kappa shape index (κ1) is 23.8. The van der Waals surface area contributed by atoms with E-state index in [0.717, 1.165) is 30.6 Å². The fourth-order valence-corrected chi connectivity index (χ4v) is 3.53. The molecule has 0 atom stereocenters. The maximum Gasteiger partial charge on any atom is 0.0314 e. The smallest absolute Gasteiger partial charge is 0.0314 e. The van der Waals surface area contributed by atoms with Gasteiger partial charge in [-0.3, -0.25) is 0 Å². The van der Waals surface area contributed by atoms with Gasteiger partial charge in [0.15, 0.2) is 0 Å². The van der Waals surface area contributed by atoms with Crippen LogP contribution in [0.5, 0.6) is 0 Å². The predicted molar refractivity (Wildman–Crippen MR) is 136 cm³/mol. The van der Waals surface area contributed by atoms with Gasteiger partial charge in [0.25, 0.3) is 0 Å². The van der Waals surface area contributed by atoms with Crippen LogP contribution >= 0.6 is 0 Å². The summed E-state index contributed by atoms with van der Waals surface area (Å²) in [7, 11) is 0. The summed E-state index contributed by atoms with van der Waals surface area (Å²) >= 11 is 0. The minimum atomic E-state index is 0. The van der Waals surface area contributed by atoms with E-state index < -0.39 is 0 Å². The average molecular weight is 411 g/mol. The maximum absolute atomic E-state index is 5.76. The lowest BCUT2D eigenvalue weighted by atomic mass is 9.98. The quantitative estimate of drug-likeness (QED) is 0.340. The van der Waals surface area contributed by atoms with Gasteiger partial charge in [0.2, 0.25) is 0 Å². The van der Waals surface area contributed by atoms with Crippen molar-refractivity contribution in [3.05, 3.63) is 130 Å². The molecule has 0 saturated heterocycles. The summed E-state index contributed by atoms with van der Waals surface area (Å²) in [4.78, 5) is 0. The third kappa shape index (κ3) is 6.75. The van der Waals surface area contributed by atoms with E-state index in [9.17, 15) is 0 Å². The molecule has 31 heavy (non-hydrogen) atoms. The van der Waals surface area contributed by atoms with Crippen LogP contribution in [0.4, 0.5) is 11.4 Å². The largest absolute Gasteiger partial charge is 0.399 e. The monoisotopic (exact) mass is 410 g/mol. The molecule has 0 spiro atoms. The van der Waals surface area contributed by atoms with E-state index in [1.807, 2.05) is 24.3 Å². The van der Waals surface area contributed by atoms with Gasteiger partial charge in [-0.2, -0.15) is 0 Å². The molecule has 4 aromatic carbocycles. The molecule has 0 aliphatic heterocycles. The van der Waals surface area contributed by atoms with Crippen LogP contribution < -0.4 is 11.5 Å². The lowest BCUT2D eigenvalue weighted by Crippen LogP contribution is -1.93. The second-order valence-corrected chi connectivity index (χ2v) is 7.65. The van der Waals surface area contributed by atoms with Gasteiger partial charge in [-0.05, 0) is 76.9 Å². The lowest BCUT2D eigenvalue weighted by Gasteiger charge is -2.07. The lowest BCUT2D eigenvalue weighted by molar-refractivity contribution is 1.14. The van der Waals surface area contributed by atoms with E-state index in [1.54, 1.807) is 0 Å². The van der Waals surface area contributed by atoms with Crippen molar-refractivity contribution in [2.24, 2.45) is 0 Å². The van der Waals surface area contributed by atoms with Crippen molar-refractivity contribution in [3.63, 3.8) is 0 Å². The molecule has 4 rings (SSSR count). The Morgan fingerprint density at radius 2 is 0.484 bits per heavy atom. The van der Waals surface area contributed by atoms with Gasteiger partial charge in [-0.1, -0.05) is 87.6 Å². The van der Waals surface area contributed by atoms with Crippen LogP contribution in [0, 0.1) is 0 Å². The fourth-order valence-electron chi connectivity index (χ4n) is 3.53. The molecule has 0 aliphatic rings. The second-order valence-electron chi connectivity index (χ2n) is 7.65. The van der Waals surface area contributed by atoms with Gasteiger partial charge >= 0.3 is 0 Å². The molecule has 0 bridgehead atoms. The number of rotatable bonds is 6. The van der Waals surface area contributed by atoms with Gasteiger partial charge in [-0.25, -0.2) is 0 Å². The Labute approximate surface area is 187 Å². The van der Waals surface area contributed by atoms with Crippen LogP contribution in [-0.2, 0) is 19.3 Å². The Kier molecular flexibility index (Phi) is 8.45.